The third kappa shape index (κ3) is 2.37. The van der Waals surface area contributed by atoms with Gasteiger partial charge in [0.05, 0.1) is 0 Å². The van der Waals surface area contributed by atoms with E-state index in [0.717, 1.165) is 6.42 Å². The number of nitrogens with one attached hydrogen (secondary N) is 1. The molecule has 1 atom stereocenters. The molecule has 0 fully saturated rings. The lowest BCUT2D eigenvalue weighted by Crippen LogP contribution is -2.23. The van der Waals surface area contributed by atoms with E-state index >= 15 is 0 Å². The van der Waals surface area contributed by atoms with Gasteiger partial charge in [-0.05, 0) is 36.7 Å². The molecular weight excluding hydrogens is 182 g/mol. The van der Waals surface area contributed by atoms with Crippen LogP contribution in [-0.2, 0) is 6.42 Å². The van der Waals surface area contributed by atoms with Crippen molar-refractivity contribution in [1.82, 2.24) is 5.32 Å². The van der Waals surface area contributed by atoms with Gasteiger partial charge in [-0.3, -0.25) is 0 Å². The van der Waals surface area contributed by atoms with Gasteiger partial charge in [0.1, 0.15) is 0 Å². The molecule has 0 spiro atoms. The van der Waals surface area contributed by atoms with Gasteiger partial charge in [-0.2, -0.15) is 0 Å². The third-order valence-electron chi connectivity index (χ3n) is 2.85. The lowest BCUT2D eigenvalue weighted by atomic mass is 10.0. The molecule has 1 N–H and O–H groups in total. The first kappa shape index (κ1) is 10.2. The van der Waals surface area contributed by atoms with Crippen LogP contribution in [0.2, 0.25) is 0 Å². The fourth-order valence-corrected chi connectivity index (χ4v) is 1.82. The van der Waals surface area contributed by atoms with E-state index in [4.69, 9.17) is 0 Å². The maximum Gasteiger partial charge on any atom is 0.00761 e. The van der Waals surface area contributed by atoms with Crippen molar-refractivity contribution in [3.63, 3.8) is 0 Å². The van der Waals surface area contributed by atoms with Crippen LogP contribution in [0, 0.1) is 0 Å². The Labute approximate surface area is 91.1 Å². The molecule has 1 heteroatoms. The Morgan fingerprint density at radius 2 is 1.80 bits per heavy atom. The minimum absolute atomic E-state index is 0.533. The Bertz CT molecular complexity index is 448. The summed E-state index contributed by atoms with van der Waals surface area (Å²) in [5, 5.41) is 5.91. The van der Waals surface area contributed by atoms with Crippen molar-refractivity contribution in [3.05, 3.63) is 48.0 Å². The van der Waals surface area contributed by atoms with E-state index in [9.17, 15) is 0 Å². The first-order chi connectivity index (χ1) is 7.29. The van der Waals surface area contributed by atoms with Crippen molar-refractivity contribution < 1.29 is 0 Å². The summed E-state index contributed by atoms with van der Waals surface area (Å²) in [5.74, 6) is 0. The quantitative estimate of drug-likeness (QED) is 0.801. The first-order valence-corrected chi connectivity index (χ1v) is 5.44. The average Bonchev–Trinajstić information content (AvgIpc) is 2.29. The summed E-state index contributed by atoms with van der Waals surface area (Å²) in [4.78, 5) is 0. The minimum atomic E-state index is 0.533. The van der Waals surface area contributed by atoms with E-state index in [1.54, 1.807) is 0 Å². The van der Waals surface area contributed by atoms with E-state index < -0.39 is 0 Å². The SMILES string of the molecule is CN[C@@H](C)Cc1ccc2ccccc2c1. The predicted molar refractivity (Wildman–Crippen MR) is 66.2 cm³/mol. The smallest absolute Gasteiger partial charge is 0.00761 e. The van der Waals surface area contributed by atoms with Crippen molar-refractivity contribution in [1.29, 1.82) is 0 Å². The predicted octanol–water partition coefficient (Wildman–Crippen LogP) is 2.99. The topological polar surface area (TPSA) is 12.0 Å². The number of fused-ring (bicyclic) bond motifs is 1. The second-order valence-corrected chi connectivity index (χ2v) is 4.08. The van der Waals surface area contributed by atoms with Crippen LogP contribution in [0.15, 0.2) is 42.5 Å². The molecule has 15 heavy (non-hydrogen) atoms. The van der Waals surface area contributed by atoms with Crippen LogP contribution in [0.25, 0.3) is 10.8 Å². The molecule has 0 bridgehead atoms. The molecule has 0 aliphatic heterocycles. The van der Waals surface area contributed by atoms with E-state index in [1.807, 2.05) is 7.05 Å². The van der Waals surface area contributed by atoms with Gasteiger partial charge in [-0.15, -0.1) is 0 Å². The molecule has 0 radical (unpaired) electrons. The van der Waals surface area contributed by atoms with Gasteiger partial charge in [-0.1, -0.05) is 42.5 Å². The molecule has 2 rings (SSSR count). The zero-order chi connectivity index (χ0) is 10.7. The maximum atomic E-state index is 3.26. The van der Waals surface area contributed by atoms with Gasteiger partial charge in [0.25, 0.3) is 0 Å². The normalized spacial score (nSPS) is 12.9. The van der Waals surface area contributed by atoms with Crippen LogP contribution in [0.5, 0.6) is 0 Å². The molecule has 0 heterocycles. The van der Waals surface area contributed by atoms with Gasteiger partial charge in [0, 0.05) is 6.04 Å². The monoisotopic (exact) mass is 199 g/mol. The Morgan fingerprint density at radius 1 is 1.07 bits per heavy atom. The minimum Gasteiger partial charge on any atom is -0.317 e. The van der Waals surface area contributed by atoms with Crippen molar-refractivity contribution in [2.75, 3.05) is 7.05 Å². The maximum absolute atomic E-state index is 3.26. The van der Waals surface area contributed by atoms with Gasteiger partial charge in [0.15, 0.2) is 0 Å². The van der Waals surface area contributed by atoms with Crippen LogP contribution >= 0.6 is 0 Å². The van der Waals surface area contributed by atoms with Gasteiger partial charge in [0.2, 0.25) is 0 Å². The molecule has 0 aliphatic carbocycles. The highest BCUT2D eigenvalue weighted by Gasteiger charge is 2.01. The molecule has 78 valence electrons. The molecule has 0 aromatic heterocycles. The van der Waals surface area contributed by atoms with Crippen LogP contribution < -0.4 is 5.32 Å². The van der Waals surface area contributed by atoms with E-state index in [0.29, 0.717) is 6.04 Å². The highest BCUT2D eigenvalue weighted by atomic mass is 14.8. The van der Waals surface area contributed by atoms with Crippen molar-refractivity contribution in [2.24, 2.45) is 0 Å². The number of hydrogen-bond donors (Lipinski definition) is 1. The summed E-state index contributed by atoms with van der Waals surface area (Å²) in [6.45, 7) is 2.20. The molecule has 2 aromatic rings. The molecule has 1 nitrogen and oxygen atoms in total. The van der Waals surface area contributed by atoms with Crippen LogP contribution in [0.3, 0.4) is 0 Å². The van der Waals surface area contributed by atoms with Gasteiger partial charge < -0.3 is 5.32 Å². The molecule has 0 saturated carbocycles. The second kappa shape index (κ2) is 4.45. The summed E-state index contributed by atoms with van der Waals surface area (Å²) in [6.07, 6.45) is 1.08. The van der Waals surface area contributed by atoms with Crippen LogP contribution in [0.4, 0.5) is 0 Å². The molecule has 0 aliphatic rings. The van der Waals surface area contributed by atoms with Crippen molar-refractivity contribution >= 4 is 10.8 Å². The second-order valence-electron chi connectivity index (χ2n) is 4.08. The standard InChI is InChI=1S/C14H17N/c1-11(15-2)9-12-7-8-13-5-3-4-6-14(13)10-12/h3-8,10-11,15H,9H2,1-2H3/t11-/m0/s1. The highest BCUT2D eigenvalue weighted by Crippen LogP contribution is 2.16. The fraction of sp³-hybridized carbons (Fsp3) is 0.286. The lowest BCUT2D eigenvalue weighted by molar-refractivity contribution is 0.609. The van der Waals surface area contributed by atoms with Crippen molar-refractivity contribution in [2.45, 2.75) is 19.4 Å². The third-order valence-corrected chi connectivity index (χ3v) is 2.85. The Balaban J connectivity index is 2.30. The van der Waals surface area contributed by atoms with Crippen LogP contribution in [0.1, 0.15) is 12.5 Å². The zero-order valence-corrected chi connectivity index (χ0v) is 9.33. The molecule has 2 aromatic carbocycles. The fourth-order valence-electron chi connectivity index (χ4n) is 1.82. The van der Waals surface area contributed by atoms with Crippen molar-refractivity contribution in [3.8, 4) is 0 Å². The summed E-state index contributed by atoms with van der Waals surface area (Å²) >= 11 is 0. The van der Waals surface area contributed by atoms with Gasteiger partial charge in [-0.25, -0.2) is 0 Å². The Hall–Kier alpha value is -1.34. The summed E-state index contributed by atoms with van der Waals surface area (Å²) in [6, 6.07) is 15.7. The summed E-state index contributed by atoms with van der Waals surface area (Å²) in [7, 11) is 2.01. The molecule has 0 unspecified atom stereocenters. The molecule has 0 saturated heterocycles. The first-order valence-electron chi connectivity index (χ1n) is 5.44. The molecule has 0 amide bonds. The van der Waals surface area contributed by atoms with E-state index in [-0.39, 0.29) is 0 Å². The van der Waals surface area contributed by atoms with E-state index in [1.165, 1.54) is 16.3 Å². The Morgan fingerprint density at radius 3 is 2.53 bits per heavy atom. The number of hydrogen-bond acceptors (Lipinski definition) is 1. The van der Waals surface area contributed by atoms with Crippen LogP contribution in [-0.4, -0.2) is 13.1 Å². The largest absolute Gasteiger partial charge is 0.317 e. The number of rotatable bonds is 3. The zero-order valence-electron chi connectivity index (χ0n) is 9.33. The van der Waals surface area contributed by atoms with Gasteiger partial charge >= 0.3 is 0 Å². The van der Waals surface area contributed by atoms with E-state index in [2.05, 4.69) is 54.7 Å². The summed E-state index contributed by atoms with van der Waals surface area (Å²) < 4.78 is 0. The highest BCUT2D eigenvalue weighted by molar-refractivity contribution is 5.82. The lowest BCUT2D eigenvalue weighted by Gasteiger charge is -2.10. The Kier molecular flexibility index (Phi) is 3.02. The molecular formula is C14H17N. The summed E-state index contributed by atoms with van der Waals surface area (Å²) in [5.41, 5.74) is 1.40. The number of benzene rings is 2. The average molecular weight is 199 g/mol. The number of likely N-dealkylation sites (N-methyl/N-ethyl adjacent to an activating group) is 1.